The molecule has 0 aromatic carbocycles. The van der Waals surface area contributed by atoms with Crippen molar-refractivity contribution < 1.29 is 0 Å². The molecule has 0 radical (unpaired) electrons. The van der Waals surface area contributed by atoms with Gasteiger partial charge in [0, 0.05) is 38.3 Å². The maximum atomic E-state index is 3.55. The number of hydrogen-bond acceptors (Lipinski definition) is 3. The third-order valence-corrected chi connectivity index (χ3v) is 4.58. The van der Waals surface area contributed by atoms with Crippen LogP contribution in [-0.2, 0) is 0 Å². The van der Waals surface area contributed by atoms with Crippen LogP contribution >= 0.6 is 0 Å². The summed E-state index contributed by atoms with van der Waals surface area (Å²) in [5, 5.41) is 3.55. The lowest BCUT2D eigenvalue weighted by atomic mass is 9.92. The number of nitrogens with zero attached hydrogens (tertiary/aromatic N) is 2. The lowest BCUT2D eigenvalue weighted by Crippen LogP contribution is -2.53. The molecule has 17 heavy (non-hydrogen) atoms. The summed E-state index contributed by atoms with van der Waals surface area (Å²) in [6.07, 6.45) is 4.02. The standard InChI is InChI=1S/C14H29N3/c1-4-14-11-17(8-7-16(14)3)10-13-5-6-15-12(2)9-13/h12-15H,4-11H2,1-3H3. The summed E-state index contributed by atoms with van der Waals surface area (Å²) in [5.74, 6) is 0.923. The van der Waals surface area contributed by atoms with E-state index in [1.807, 2.05) is 0 Å². The van der Waals surface area contributed by atoms with Crippen LogP contribution in [0.1, 0.15) is 33.1 Å². The van der Waals surface area contributed by atoms with Gasteiger partial charge >= 0.3 is 0 Å². The van der Waals surface area contributed by atoms with E-state index in [-0.39, 0.29) is 0 Å². The maximum absolute atomic E-state index is 3.55. The second-order valence-corrected chi connectivity index (χ2v) is 6.05. The minimum absolute atomic E-state index is 0.725. The molecule has 0 saturated carbocycles. The summed E-state index contributed by atoms with van der Waals surface area (Å²) < 4.78 is 0. The Bertz CT molecular complexity index is 232. The SMILES string of the molecule is CCC1CN(CC2CCNC(C)C2)CCN1C. The molecule has 3 heteroatoms. The Morgan fingerprint density at radius 2 is 2.12 bits per heavy atom. The first-order valence-electron chi connectivity index (χ1n) is 7.35. The van der Waals surface area contributed by atoms with Crippen molar-refractivity contribution in [1.29, 1.82) is 0 Å². The van der Waals surface area contributed by atoms with Crippen LogP contribution in [-0.4, -0.2) is 61.7 Å². The van der Waals surface area contributed by atoms with Gasteiger partial charge in [0.05, 0.1) is 0 Å². The van der Waals surface area contributed by atoms with Crippen LogP contribution in [0.5, 0.6) is 0 Å². The molecule has 0 amide bonds. The van der Waals surface area contributed by atoms with Gasteiger partial charge in [-0.05, 0) is 45.7 Å². The predicted octanol–water partition coefficient (Wildman–Crippen LogP) is 1.40. The van der Waals surface area contributed by atoms with Gasteiger partial charge in [0.2, 0.25) is 0 Å². The average molecular weight is 239 g/mol. The van der Waals surface area contributed by atoms with Crippen molar-refractivity contribution in [2.24, 2.45) is 5.92 Å². The molecule has 0 aromatic heterocycles. The van der Waals surface area contributed by atoms with E-state index in [0.717, 1.165) is 18.0 Å². The zero-order valence-electron chi connectivity index (χ0n) is 11.8. The zero-order valence-corrected chi connectivity index (χ0v) is 11.8. The monoisotopic (exact) mass is 239 g/mol. The van der Waals surface area contributed by atoms with Crippen LogP contribution in [0.2, 0.25) is 0 Å². The van der Waals surface area contributed by atoms with Gasteiger partial charge in [-0.25, -0.2) is 0 Å². The van der Waals surface area contributed by atoms with Crippen molar-refractivity contribution >= 4 is 0 Å². The lowest BCUT2D eigenvalue weighted by molar-refractivity contribution is 0.0748. The smallest absolute Gasteiger partial charge is 0.0218 e. The largest absolute Gasteiger partial charge is 0.314 e. The molecule has 0 aliphatic carbocycles. The van der Waals surface area contributed by atoms with Crippen LogP contribution in [0, 0.1) is 5.92 Å². The number of nitrogens with one attached hydrogen (secondary N) is 1. The summed E-state index contributed by atoms with van der Waals surface area (Å²) in [5.41, 5.74) is 0. The molecular weight excluding hydrogens is 210 g/mol. The maximum Gasteiger partial charge on any atom is 0.0218 e. The van der Waals surface area contributed by atoms with Crippen molar-refractivity contribution in [1.82, 2.24) is 15.1 Å². The van der Waals surface area contributed by atoms with Gasteiger partial charge in [-0.1, -0.05) is 6.92 Å². The topological polar surface area (TPSA) is 18.5 Å². The number of rotatable bonds is 3. The molecule has 1 N–H and O–H groups in total. The molecule has 3 nitrogen and oxygen atoms in total. The second-order valence-electron chi connectivity index (χ2n) is 6.05. The Labute approximate surface area is 107 Å². The molecule has 2 aliphatic rings. The fourth-order valence-electron chi connectivity index (χ4n) is 3.38. The van der Waals surface area contributed by atoms with Gasteiger partial charge in [-0.2, -0.15) is 0 Å². The molecule has 3 unspecified atom stereocenters. The third kappa shape index (κ3) is 3.67. The highest BCUT2D eigenvalue weighted by molar-refractivity contribution is 4.83. The first-order chi connectivity index (χ1) is 8.19. The lowest BCUT2D eigenvalue weighted by Gasteiger charge is -2.41. The molecule has 2 fully saturated rings. The fourth-order valence-corrected chi connectivity index (χ4v) is 3.38. The van der Waals surface area contributed by atoms with Crippen molar-refractivity contribution in [3.63, 3.8) is 0 Å². The molecule has 3 atom stereocenters. The summed E-state index contributed by atoms with van der Waals surface area (Å²) in [6, 6.07) is 1.51. The Kier molecular flexibility index (Phi) is 4.83. The minimum atomic E-state index is 0.725. The molecule has 2 aliphatic heterocycles. The van der Waals surface area contributed by atoms with Gasteiger partial charge in [0.25, 0.3) is 0 Å². The molecule has 2 heterocycles. The predicted molar refractivity (Wildman–Crippen MR) is 73.3 cm³/mol. The van der Waals surface area contributed by atoms with E-state index in [1.54, 1.807) is 0 Å². The first kappa shape index (κ1) is 13.3. The number of likely N-dealkylation sites (N-methyl/N-ethyl adjacent to an activating group) is 1. The van der Waals surface area contributed by atoms with E-state index in [9.17, 15) is 0 Å². The zero-order chi connectivity index (χ0) is 12.3. The quantitative estimate of drug-likeness (QED) is 0.803. The van der Waals surface area contributed by atoms with Gasteiger partial charge in [0.1, 0.15) is 0 Å². The van der Waals surface area contributed by atoms with Gasteiger partial charge < -0.3 is 15.1 Å². The van der Waals surface area contributed by atoms with Crippen molar-refractivity contribution in [3.8, 4) is 0 Å². The molecular formula is C14H29N3. The van der Waals surface area contributed by atoms with E-state index < -0.39 is 0 Å². The van der Waals surface area contributed by atoms with Gasteiger partial charge in [-0.3, -0.25) is 0 Å². The fraction of sp³-hybridized carbons (Fsp3) is 1.00. The van der Waals surface area contributed by atoms with E-state index in [1.165, 1.54) is 52.0 Å². The highest BCUT2D eigenvalue weighted by atomic mass is 15.3. The molecule has 2 saturated heterocycles. The summed E-state index contributed by atoms with van der Waals surface area (Å²) in [4.78, 5) is 5.23. The number of hydrogen-bond donors (Lipinski definition) is 1. The molecule has 100 valence electrons. The Morgan fingerprint density at radius 1 is 1.29 bits per heavy atom. The van der Waals surface area contributed by atoms with E-state index in [2.05, 4.69) is 36.0 Å². The minimum Gasteiger partial charge on any atom is -0.314 e. The van der Waals surface area contributed by atoms with E-state index in [0.29, 0.717) is 0 Å². The third-order valence-electron chi connectivity index (χ3n) is 4.58. The van der Waals surface area contributed by atoms with Gasteiger partial charge in [-0.15, -0.1) is 0 Å². The van der Waals surface area contributed by atoms with Crippen molar-refractivity contribution in [3.05, 3.63) is 0 Å². The van der Waals surface area contributed by atoms with Gasteiger partial charge in [0.15, 0.2) is 0 Å². The molecule has 2 rings (SSSR count). The Morgan fingerprint density at radius 3 is 2.82 bits per heavy atom. The van der Waals surface area contributed by atoms with E-state index in [4.69, 9.17) is 0 Å². The molecule has 0 bridgehead atoms. The summed E-state index contributed by atoms with van der Waals surface area (Å²) in [7, 11) is 2.28. The first-order valence-corrected chi connectivity index (χ1v) is 7.35. The normalized spacial score (nSPS) is 37.2. The number of piperazine rings is 1. The average Bonchev–Trinajstić information content (AvgIpc) is 2.32. The van der Waals surface area contributed by atoms with Crippen LogP contribution in [0.15, 0.2) is 0 Å². The Balaban J connectivity index is 1.78. The van der Waals surface area contributed by atoms with Crippen LogP contribution < -0.4 is 5.32 Å². The summed E-state index contributed by atoms with van der Waals surface area (Å²) >= 11 is 0. The second kappa shape index (κ2) is 6.17. The van der Waals surface area contributed by atoms with Crippen LogP contribution in [0.25, 0.3) is 0 Å². The molecule has 0 aromatic rings. The van der Waals surface area contributed by atoms with Crippen LogP contribution in [0.3, 0.4) is 0 Å². The van der Waals surface area contributed by atoms with E-state index >= 15 is 0 Å². The van der Waals surface area contributed by atoms with Crippen LogP contribution in [0.4, 0.5) is 0 Å². The highest BCUT2D eigenvalue weighted by Crippen LogP contribution is 2.19. The highest BCUT2D eigenvalue weighted by Gasteiger charge is 2.26. The number of piperidine rings is 1. The van der Waals surface area contributed by atoms with Crippen molar-refractivity contribution in [2.45, 2.75) is 45.2 Å². The molecule has 0 spiro atoms. The Hall–Kier alpha value is -0.120. The van der Waals surface area contributed by atoms with Crippen molar-refractivity contribution in [2.75, 3.05) is 39.8 Å². The summed E-state index contributed by atoms with van der Waals surface area (Å²) in [6.45, 7) is 11.0.